The molecule has 0 unspecified atom stereocenters. The van der Waals surface area contributed by atoms with Gasteiger partial charge in [0.05, 0.1) is 6.54 Å². The number of hydrogen-bond acceptors (Lipinski definition) is 3. The second-order valence-corrected chi connectivity index (χ2v) is 5.27. The minimum Gasteiger partial charge on any atom is -0.308 e. The molecule has 0 saturated heterocycles. The summed E-state index contributed by atoms with van der Waals surface area (Å²) in [7, 11) is 4.04. The van der Waals surface area contributed by atoms with Gasteiger partial charge in [-0.25, -0.2) is 0 Å². The molecule has 0 N–H and O–H groups in total. The Morgan fingerprint density at radius 1 is 1.27 bits per heavy atom. The van der Waals surface area contributed by atoms with Gasteiger partial charge in [0, 0.05) is 24.1 Å². The summed E-state index contributed by atoms with van der Waals surface area (Å²) in [4.78, 5) is 18.1. The lowest BCUT2D eigenvalue weighted by Gasteiger charge is -2.16. The minimum atomic E-state index is -0.252. The van der Waals surface area contributed by atoms with Gasteiger partial charge in [0.15, 0.2) is 0 Å². The molecule has 15 heavy (non-hydrogen) atoms. The molecule has 0 amide bonds. The molecule has 0 rings (SSSR count). The largest absolute Gasteiger partial charge is 0.308 e. The molecule has 0 aliphatic heterocycles. The van der Waals surface area contributed by atoms with Gasteiger partial charge < -0.3 is 4.90 Å². The van der Waals surface area contributed by atoms with Crippen molar-refractivity contribution in [3.05, 3.63) is 0 Å². The standard InChI is InChI=1S/C12H24N2O/c1-10(13-7-8-14(5)6)9-11(15)12(2,3)4/h7-9H2,1-6H3. The molecule has 0 heterocycles. The fourth-order valence-electron chi connectivity index (χ4n) is 0.994. The third kappa shape index (κ3) is 7.25. The molecule has 0 aliphatic carbocycles. The fraction of sp³-hybridized carbons (Fsp3) is 0.833. The first-order valence-corrected chi connectivity index (χ1v) is 5.41. The first kappa shape index (κ1) is 14.3. The summed E-state index contributed by atoms with van der Waals surface area (Å²) in [5.74, 6) is 0.258. The molecule has 0 saturated carbocycles. The van der Waals surface area contributed by atoms with Crippen molar-refractivity contribution in [3.63, 3.8) is 0 Å². The van der Waals surface area contributed by atoms with Crippen LogP contribution in [0.15, 0.2) is 4.99 Å². The van der Waals surface area contributed by atoms with Gasteiger partial charge in [0.2, 0.25) is 0 Å². The average Bonchev–Trinajstić information content (AvgIpc) is 2.01. The molecular formula is C12H24N2O. The quantitative estimate of drug-likeness (QED) is 0.653. The van der Waals surface area contributed by atoms with Crippen molar-refractivity contribution < 1.29 is 4.79 Å². The van der Waals surface area contributed by atoms with Gasteiger partial charge in [-0.1, -0.05) is 20.8 Å². The number of hydrogen-bond donors (Lipinski definition) is 0. The second kappa shape index (κ2) is 6.01. The third-order valence-corrected chi connectivity index (χ3v) is 2.18. The molecule has 0 aromatic carbocycles. The summed E-state index contributed by atoms with van der Waals surface area (Å²) in [6.07, 6.45) is 0.483. The molecule has 88 valence electrons. The van der Waals surface area contributed by atoms with Crippen molar-refractivity contribution in [1.82, 2.24) is 4.90 Å². The summed E-state index contributed by atoms with van der Waals surface area (Å²) in [5, 5.41) is 0. The van der Waals surface area contributed by atoms with Gasteiger partial charge in [0.1, 0.15) is 5.78 Å². The Bertz CT molecular complexity index is 236. The summed E-state index contributed by atoms with van der Waals surface area (Å²) in [6.45, 7) is 9.48. The van der Waals surface area contributed by atoms with Crippen LogP contribution in [0.4, 0.5) is 0 Å². The topological polar surface area (TPSA) is 32.7 Å². The highest BCUT2D eigenvalue weighted by molar-refractivity contribution is 6.02. The zero-order chi connectivity index (χ0) is 12.1. The average molecular weight is 212 g/mol. The first-order valence-electron chi connectivity index (χ1n) is 5.41. The third-order valence-electron chi connectivity index (χ3n) is 2.18. The molecular weight excluding hydrogens is 188 g/mol. The van der Waals surface area contributed by atoms with E-state index in [1.165, 1.54) is 0 Å². The van der Waals surface area contributed by atoms with Crippen molar-refractivity contribution in [2.75, 3.05) is 27.2 Å². The Morgan fingerprint density at radius 3 is 2.20 bits per heavy atom. The van der Waals surface area contributed by atoms with Gasteiger partial charge in [-0.15, -0.1) is 0 Å². The molecule has 0 radical (unpaired) electrons. The van der Waals surface area contributed by atoms with E-state index in [1.54, 1.807) is 0 Å². The number of carbonyl (C=O) groups excluding carboxylic acids is 1. The van der Waals surface area contributed by atoms with Crippen LogP contribution in [-0.2, 0) is 4.79 Å². The molecule has 3 nitrogen and oxygen atoms in total. The Morgan fingerprint density at radius 2 is 1.80 bits per heavy atom. The first-order chi connectivity index (χ1) is 6.73. The second-order valence-electron chi connectivity index (χ2n) is 5.27. The van der Waals surface area contributed by atoms with Crippen molar-refractivity contribution in [2.24, 2.45) is 10.4 Å². The van der Waals surface area contributed by atoms with Crippen LogP contribution in [0.2, 0.25) is 0 Å². The van der Waals surface area contributed by atoms with Gasteiger partial charge in [0.25, 0.3) is 0 Å². The summed E-state index contributed by atoms with van der Waals surface area (Å²) in [5.41, 5.74) is 0.690. The maximum atomic E-state index is 11.7. The number of Topliss-reactive ketones (excluding diaryl/α,β-unsaturated/α-hetero) is 1. The summed E-state index contributed by atoms with van der Waals surface area (Å²) >= 11 is 0. The predicted molar refractivity (Wildman–Crippen MR) is 65.6 cm³/mol. The lowest BCUT2D eigenvalue weighted by atomic mass is 9.88. The maximum Gasteiger partial charge on any atom is 0.143 e. The monoisotopic (exact) mass is 212 g/mol. The molecule has 0 aliphatic rings. The van der Waals surface area contributed by atoms with Crippen LogP contribution in [-0.4, -0.2) is 43.6 Å². The lowest BCUT2D eigenvalue weighted by Crippen LogP contribution is -2.22. The molecule has 0 fully saturated rings. The molecule has 0 spiro atoms. The fourth-order valence-corrected chi connectivity index (χ4v) is 0.994. The molecule has 3 heteroatoms. The van der Waals surface area contributed by atoms with E-state index in [0.717, 1.165) is 18.8 Å². The van der Waals surface area contributed by atoms with E-state index in [4.69, 9.17) is 0 Å². The van der Waals surface area contributed by atoms with Crippen molar-refractivity contribution in [3.8, 4) is 0 Å². The Labute approximate surface area is 93.6 Å². The number of carbonyl (C=O) groups is 1. The van der Waals surface area contributed by atoms with E-state index in [-0.39, 0.29) is 11.2 Å². The summed E-state index contributed by atoms with van der Waals surface area (Å²) in [6, 6.07) is 0. The summed E-state index contributed by atoms with van der Waals surface area (Å²) < 4.78 is 0. The van der Waals surface area contributed by atoms with Crippen molar-refractivity contribution in [2.45, 2.75) is 34.1 Å². The molecule has 0 aromatic rings. The number of aliphatic imine (C=N–C) groups is 1. The van der Waals surface area contributed by atoms with E-state index >= 15 is 0 Å². The van der Waals surface area contributed by atoms with E-state index in [9.17, 15) is 4.79 Å². The van der Waals surface area contributed by atoms with Crippen LogP contribution in [0.25, 0.3) is 0 Å². The molecule has 0 bridgehead atoms. The van der Waals surface area contributed by atoms with E-state index in [1.807, 2.05) is 41.8 Å². The van der Waals surface area contributed by atoms with Crippen LogP contribution in [0.5, 0.6) is 0 Å². The zero-order valence-corrected chi connectivity index (χ0v) is 10.9. The number of nitrogens with zero attached hydrogens (tertiary/aromatic N) is 2. The Balaban J connectivity index is 4.02. The highest BCUT2D eigenvalue weighted by Crippen LogP contribution is 2.16. The number of likely N-dealkylation sites (N-methyl/N-ethyl adjacent to an activating group) is 1. The normalized spacial score (nSPS) is 13.4. The minimum absolute atomic E-state index is 0.252. The van der Waals surface area contributed by atoms with E-state index < -0.39 is 0 Å². The smallest absolute Gasteiger partial charge is 0.143 e. The highest BCUT2D eigenvalue weighted by Gasteiger charge is 2.21. The molecule has 0 aromatic heterocycles. The molecule has 0 atom stereocenters. The van der Waals surface area contributed by atoms with Gasteiger partial charge in [-0.3, -0.25) is 9.79 Å². The number of ketones is 1. The van der Waals surface area contributed by atoms with E-state index in [0.29, 0.717) is 6.42 Å². The highest BCUT2D eigenvalue weighted by atomic mass is 16.1. The van der Waals surface area contributed by atoms with Crippen LogP contribution in [0, 0.1) is 5.41 Å². The van der Waals surface area contributed by atoms with Crippen LogP contribution in [0.3, 0.4) is 0 Å². The van der Waals surface area contributed by atoms with Crippen molar-refractivity contribution >= 4 is 11.5 Å². The zero-order valence-electron chi connectivity index (χ0n) is 10.9. The Hall–Kier alpha value is -0.700. The SMILES string of the molecule is CC(CC(=O)C(C)(C)C)=NCCN(C)C. The van der Waals surface area contributed by atoms with E-state index in [2.05, 4.69) is 9.89 Å². The van der Waals surface area contributed by atoms with Gasteiger partial charge in [-0.2, -0.15) is 0 Å². The maximum absolute atomic E-state index is 11.7. The Kier molecular flexibility index (Phi) is 5.73. The lowest BCUT2D eigenvalue weighted by molar-refractivity contribution is -0.125. The van der Waals surface area contributed by atoms with Gasteiger partial charge >= 0.3 is 0 Å². The number of rotatable bonds is 5. The predicted octanol–water partition coefficient (Wildman–Crippen LogP) is 2.01. The van der Waals surface area contributed by atoms with Crippen molar-refractivity contribution in [1.29, 1.82) is 0 Å². The van der Waals surface area contributed by atoms with Crippen LogP contribution < -0.4 is 0 Å². The van der Waals surface area contributed by atoms with Gasteiger partial charge in [-0.05, 0) is 21.0 Å². The van der Waals surface area contributed by atoms with Crippen LogP contribution >= 0.6 is 0 Å². The van der Waals surface area contributed by atoms with Crippen LogP contribution in [0.1, 0.15) is 34.1 Å².